The van der Waals surface area contributed by atoms with Gasteiger partial charge in [0.25, 0.3) is 0 Å². The van der Waals surface area contributed by atoms with Crippen LogP contribution in [0.25, 0.3) is 0 Å². The van der Waals surface area contributed by atoms with Gasteiger partial charge in [0.1, 0.15) is 6.07 Å². The maximum Gasteiger partial charge on any atom is 0.242 e. The van der Waals surface area contributed by atoms with Crippen LogP contribution in [0.15, 0.2) is 41.4 Å². The number of pyridine rings is 1. The van der Waals surface area contributed by atoms with Gasteiger partial charge >= 0.3 is 0 Å². The van der Waals surface area contributed by atoms with Gasteiger partial charge < -0.3 is 0 Å². The molecule has 1 N–H and O–H groups in total. The zero-order valence-electron chi connectivity index (χ0n) is 17.1. The van der Waals surface area contributed by atoms with Gasteiger partial charge in [-0.25, -0.2) is 13.1 Å². The number of hydrogen-bond donors (Lipinski definition) is 1. The fourth-order valence-corrected chi connectivity index (χ4v) is 5.13. The molecule has 0 saturated heterocycles. The summed E-state index contributed by atoms with van der Waals surface area (Å²) in [6, 6.07) is 10.7. The number of aromatic nitrogens is 1. The van der Waals surface area contributed by atoms with Crippen molar-refractivity contribution in [1.29, 1.82) is 5.26 Å². The lowest BCUT2D eigenvalue weighted by Gasteiger charge is -2.27. The van der Waals surface area contributed by atoms with Gasteiger partial charge in [-0.05, 0) is 68.1 Å². The van der Waals surface area contributed by atoms with E-state index in [4.69, 9.17) is 5.26 Å². The maximum absolute atomic E-state index is 12.6. The highest BCUT2D eigenvalue weighted by Gasteiger charge is 2.27. The second-order valence-electron chi connectivity index (χ2n) is 7.47. The molecule has 1 aliphatic carbocycles. The van der Waals surface area contributed by atoms with Crippen LogP contribution in [0.1, 0.15) is 49.1 Å². The number of rotatable bonds is 9. The molecule has 0 bridgehead atoms. The number of nitrogens with zero attached hydrogens (tertiary/aromatic N) is 3. The Labute approximate surface area is 173 Å². The van der Waals surface area contributed by atoms with E-state index >= 15 is 0 Å². The highest BCUT2D eigenvalue weighted by atomic mass is 32.2. The van der Waals surface area contributed by atoms with E-state index in [1.165, 1.54) is 23.3 Å². The van der Waals surface area contributed by atoms with E-state index in [0.717, 1.165) is 38.8 Å². The first-order chi connectivity index (χ1) is 14.0. The lowest BCUT2D eigenvalue weighted by molar-refractivity contribution is 0.202. The molecule has 154 valence electrons. The minimum Gasteiger partial charge on any atom is -0.300 e. The summed E-state index contributed by atoms with van der Waals surface area (Å²) in [7, 11) is -3.77. The highest BCUT2D eigenvalue weighted by Crippen LogP contribution is 2.26. The zero-order chi connectivity index (χ0) is 20.9. The van der Waals surface area contributed by atoms with Gasteiger partial charge in [0.05, 0.1) is 22.7 Å². The van der Waals surface area contributed by atoms with E-state index in [1.807, 2.05) is 18.3 Å². The molecule has 0 saturated carbocycles. The maximum atomic E-state index is 12.6. The molecule has 29 heavy (non-hydrogen) atoms. The van der Waals surface area contributed by atoms with E-state index in [-0.39, 0.29) is 17.0 Å². The van der Waals surface area contributed by atoms with Crippen molar-refractivity contribution in [3.05, 3.63) is 58.9 Å². The van der Waals surface area contributed by atoms with Crippen LogP contribution in [0.5, 0.6) is 0 Å². The van der Waals surface area contributed by atoms with Crippen molar-refractivity contribution in [2.24, 2.45) is 0 Å². The van der Waals surface area contributed by atoms with Crippen molar-refractivity contribution in [2.45, 2.75) is 57.0 Å². The molecule has 1 heterocycles. The van der Waals surface area contributed by atoms with Crippen LogP contribution in [-0.4, -0.2) is 37.4 Å². The van der Waals surface area contributed by atoms with E-state index in [0.29, 0.717) is 11.7 Å². The average molecular weight is 413 g/mol. The predicted molar refractivity (Wildman–Crippen MR) is 113 cm³/mol. The number of nitriles is 1. The molecule has 1 atom stereocenters. The molecule has 2 aromatic rings. The summed E-state index contributed by atoms with van der Waals surface area (Å²) in [5.74, 6) is 0. The lowest BCUT2D eigenvalue weighted by atomic mass is 10.1. The third kappa shape index (κ3) is 5.02. The molecule has 0 aliphatic heterocycles. The summed E-state index contributed by atoms with van der Waals surface area (Å²) in [5, 5.41) is 9.16. The van der Waals surface area contributed by atoms with Crippen LogP contribution in [0.4, 0.5) is 0 Å². The van der Waals surface area contributed by atoms with Gasteiger partial charge in [-0.3, -0.25) is 9.88 Å². The Hall–Kier alpha value is -2.27. The summed E-state index contributed by atoms with van der Waals surface area (Å²) >= 11 is 0. The lowest BCUT2D eigenvalue weighted by Crippen LogP contribution is -2.37. The van der Waals surface area contributed by atoms with Crippen molar-refractivity contribution in [3.63, 3.8) is 0 Å². The van der Waals surface area contributed by atoms with Crippen LogP contribution < -0.4 is 4.72 Å². The normalized spacial score (nSPS) is 16.0. The van der Waals surface area contributed by atoms with E-state index in [9.17, 15) is 8.42 Å². The monoisotopic (exact) mass is 412 g/mol. The molecule has 0 spiro atoms. The van der Waals surface area contributed by atoms with Crippen molar-refractivity contribution >= 4 is 10.0 Å². The molecule has 1 aromatic heterocycles. The van der Waals surface area contributed by atoms with Crippen LogP contribution >= 0.6 is 0 Å². The molecule has 7 heteroatoms. The molecule has 3 rings (SSSR count). The highest BCUT2D eigenvalue weighted by molar-refractivity contribution is 7.89. The number of benzene rings is 1. The summed E-state index contributed by atoms with van der Waals surface area (Å²) in [6.07, 6.45) is 6.15. The molecule has 1 unspecified atom stereocenters. The average Bonchev–Trinajstić information content (AvgIpc) is 3.15. The third-order valence-corrected chi connectivity index (χ3v) is 6.79. The second-order valence-corrected chi connectivity index (χ2v) is 9.21. The zero-order valence-corrected chi connectivity index (χ0v) is 17.9. The summed E-state index contributed by atoms with van der Waals surface area (Å²) in [4.78, 5) is 7.02. The molecule has 0 radical (unpaired) electrons. The quantitative estimate of drug-likeness (QED) is 0.684. The molecule has 1 aliphatic rings. The van der Waals surface area contributed by atoms with E-state index < -0.39 is 10.0 Å². The van der Waals surface area contributed by atoms with Crippen LogP contribution in [0.2, 0.25) is 0 Å². The van der Waals surface area contributed by atoms with Gasteiger partial charge in [-0.15, -0.1) is 0 Å². The van der Waals surface area contributed by atoms with Gasteiger partial charge in [-0.1, -0.05) is 26.0 Å². The molecular formula is C22H28N4O2S. The first-order valence-corrected chi connectivity index (χ1v) is 11.7. The van der Waals surface area contributed by atoms with E-state index in [2.05, 4.69) is 28.5 Å². The molecule has 1 aromatic carbocycles. The van der Waals surface area contributed by atoms with Crippen molar-refractivity contribution in [2.75, 3.05) is 13.1 Å². The minimum atomic E-state index is -3.77. The van der Waals surface area contributed by atoms with Crippen LogP contribution in [0.3, 0.4) is 0 Å². The van der Waals surface area contributed by atoms with Gasteiger partial charge in [0, 0.05) is 12.2 Å². The fraction of sp³-hybridized carbons (Fsp3) is 0.455. The van der Waals surface area contributed by atoms with Crippen LogP contribution in [-0.2, 0) is 29.4 Å². The molecular weight excluding hydrogens is 384 g/mol. The SMILES string of the molecule is CCCN(CCC)C1Cc2cnc(CNS(=O)(=O)c3ccccc3C#N)cc2C1. The Morgan fingerprint density at radius 3 is 2.55 bits per heavy atom. The number of nitrogens with one attached hydrogen (secondary N) is 1. The van der Waals surface area contributed by atoms with Crippen molar-refractivity contribution in [3.8, 4) is 6.07 Å². The number of fused-ring (bicyclic) bond motifs is 1. The Morgan fingerprint density at radius 2 is 1.86 bits per heavy atom. The largest absolute Gasteiger partial charge is 0.300 e. The van der Waals surface area contributed by atoms with Crippen molar-refractivity contribution in [1.82, 2.24) is 14.6 Å². The topological polar surface area (TPSA) is 86.1 Å². The minimum absolute atomic E-state index is 0.00139. The van der Waals surface area contributed by atoms with Gasteiger partial charge in [0.2, 0.25) is 10.0 Å². The van der Waals surface area contributed by atoms with Crippen molar-refractivity contribution < 1.29 is 8.42 Å². The first kappa shape index (κ1) is 21.4. The Bertz CT molecular complexity index is 992. The number of sulfonamides is 1. The number of hydrogen-bond acceptors (Lipinski definition) is 5. The standard InChI is InChI=1S/C22H28N4O2S/c1-3-9-26(10-4-2)21-12-18-11-20(24-15-19(18)13-21)16-25-29(27,28)22-8-6-5-7-17(22)14-23/h5-8,11,15,21,25H,3-4,9-10,12-13,16H2,1-2H3. The summed E-state index contributed by atoms with van der Waals surface area (Å²) in [5.41, 5.74) is 3.35. The Kier molecular flexibility index (Phi) is 7.01. The van der Waals surface area contributed by atoms with Gasteiger partial charge in [0.15, 0.2) is 0 Å². The summed E-state index contributed by atoms with van der Waals surface area (Å²) in [6.45, 7) is 6.73. The Balaban J connectivity index is 1.70. The Morgan fingerprint density at radius 1 is 1.17 bits per heavy atom. The fourth-order valence-electron chi connectivity index (χ4n) is 3.97. The van der Waals surface area contributed by atoms with Crippen LogP contribution in [0, 0.1) is 11.3 Å². The first-order valence-electron chi connectivity index (χ1n) is 10.2. The van der Waals surface area contributed by atoms with Gasteiger partial charge in [-0.2, -0.15) is 5.26 Å². The second kappa shape index (κ2) is 9.49. The molecule has 0 amide bonds. The molecule has 6 nitrogen and oxygen atoms in total. The third-order valence-electron chi connectivity index (χ3n) is 5.33. The van der Waals surface area contributed by atoms with E-state index in [1.54, 1.807) is 12.1 Å². The smallest absolute Gasteiger partial charge is 0.242 e. The predicted octanol–water partition coefficient (Wildman–Crippen LogP) is 3.02. The summed E-state index contributed by atoms with van der Waals surface area (Å²) < 4.78 is 27.8. The molecule has 0 fully saturated rings.